The number of ether oxygens (including phenoxy) is 2. The number of hydrogen-bond acceptors (Lipinski definition) is 5. The highest BCUT2D eigenvalue weighted by Crippen LogP contribution is 2.34. The maximum absolute atomic E-state index is 13.0. The van der Waals surface area contributed by atoms with Gasteiger partial charge in [-0.05, 0) is 57.6 Å². The molecule has 1 atom stereocenters. The van der Waals surface area contributed by atoms with E-state index in [0.29, 0.717) is 31.0 Å². The van der Waals surface area contributed by atoms with Crippen LogP contribution in [0.3, 0.4) is 0 Å². The molecule has 0 bridgehead atoms. The van der Waals surface area contributed by atoms with E-state index < -0.39 is 5.63 Å². The van der Waals surface area contributed by atoms with E-state index in [9.17, 15) is 9.59 Å². The van der Waals surface area contributed by atoms with Crippen LogP contribution in [-0.4, -0.2) is 42.7 Å². The minimum atomic E-state index is -0.560. The molecule has 3 aliphatic rings. The largest absolute Gasteiger partial charge is 0.424 e. The molecular formula is C21H27NO5. The van der Waals surface area contributed by atoms with E-state index >= 15 is 0 Å². The first-order chi connectivity index (χ1) is 13.0. The Balaban J connectivity index is 1.50. The molecule has 4 heterocycles. The molecule has 0 aliphatic carbocycles. The average Bonchev–Trinajstić information content (AvgIpc) is 3.16. The number of likely N-dealkylation sites (tertiary alicyclic amines) is 1. The van der Waals surface area contributed by atoms with Crippen molar-refractivity contribution in [3.8, 4) is 0 Å². The van der Waals surface area contributed by atoms with Crippen molar-refractivity contribution in [3.63, 3.8) is 0 Å². The number of carbonyl (C=O) groups excluding carboxylic acids is 1. The molecule has 2 fully saturated rings. The van der Waals surface area contributed by atoms with Crippen LogP contribution in [0.25, 0.3) is 0 Å². The minimum Gasteiger partial charge on any atom is -0.424 e. The van der Waals surface area contributed by atoms with E-state index in [1.165, 1.54) is 5.57 Å². The normalized spacial score (nSPS) is 24.9. The summed E-state index contributed by atoms with van der Waals surface area (Å²) < 4.78 is 17.1. The fraction of sp³-hybridized carbons (Fsp3) is 0.619. The minimum absolute atomic E-state index is 0.143. The van der Waals surface area contributed by atoms with Crippen LogP contribution in [0.1, 0.15) is 66.8 Å². The zero-order chi connectivity index (χ0) is 19.0. The number of amides is 1. The third-order valence-corrected chi connectivity index (χ3v) is 5.92. The van der Waals surface area contributed by atoms with Crippen molar-refractivity contribution in [1.29, 1.82) is 0 Å². The van der Waals surface area contributed by atoms with E-state index in [0.717, 1.165) is 38.7 Å². The van der Waals surface area contributed by atoms with Crippen molar-refractivity contribution in [1.82, 2.24) is 4.90 Å². The summed E-state index contributed by atoms with van der Waals surface area (Å²) in [6.07, 6.45) is 6.34. The maximum Gasteiger partial charge on any atom is 0.349 e. The standard InChI is InChI=1S/C21H27NO5/c1-14-5-11-26-21(13-14)6-8-22(9-7-21)19(23)18-15(2)12-17(27-20(18)24)16-4-3-10-25-16/h12-13,16H,3-11H2,1-2H3. The molecule has 6 heteroatoms. The van der Waals surface area contributed by atoms with Crippen LogP contribution in [0.4, 0.5) is 0 Å². The molecule has 0 saturated carbocycles. The van der Waals surface area contributed by atoms with Crippen LogP contribution in [0, 0.1) is 6.92 Å². The molecule has 0 N–H and O–H groups in total. The summed E-state index contributed by atoms with van der Waals surface area (Å²) in [5.74, 6) is 0.284. The molecule has 1 aromatic rings. The molecule has 1 spiro atoms. The molecule has 1 aromatic heterocycles. The molecular weight excluding hydrogens is 346 g/mol. The van der Waals surface area contributed by atoms with E-state index in [1.807, 2.05) is 0 Å². The number of hydrogen-bond donors (Lipinski definition) is 0. The summed E-state index contributed by atoms with van der Waals surface area (Å²) in [5.41, 5.74) is 1.34. The Labute approximate surface area is 159 Å². The molecule has 4 rings (SSSR count). The second kappa shape index (κ2) is 7.24. The second-order valence-corrected chi connectivity index (χ2v) is 7.94. The molecule has 146 valence electrons. The van der Waals surface area contributed by atoms with E-state index in [2.05, 4.69) is 13.0 Å². The van der Waals surface area contributed by atoms with Gasteiger partial charge in [0.1, 0.15) is 17.4 Å². The van der Waals surface area contributed by atoms with Crippen molar-refractivity contribution >= 4 is 5.91 Å². The van der Waals surface area contributed by atoms with Crippen molar-refractivity contribution < 1.29 is 18.7 Å². The Bertz CT molecular complexity index is 810. The number of nitrogens with zero attached hydrogens (tertiary/aromatic N) is 1. The van der Waals surface area contributed by atoms with Crippen molar-refractivity contribution in [2.24, 2.45) is 0 Å². The average molecular weight is 373 g/mol. The van der Waals surface area contributed by atoms with E-state index in [-0.39, 0.29) is 23.2 Å². The molecule has 3 aliphatic heterocycles. The Morgan fingerprint density at radius 3 is 2.63 bits per heavy atom. The first kappa shape index (κ1) is 18.4. The smallest absolute Gasteiger partial charge is 0.349 e. The Morgan fingerprint density at radius 2 is 2.00 bits per heavy atom. The fourth-order valence-corrected chi connectivity index (χ4v) is 4.36. The molecule has 27 heavy (non-hydrogen) atoms. The topological polar surface area (TPSA) is 69.0 Å². The highest BCUT2D eigenvalue weighted by atomic mass is 16.5. The van der Waals surface area contributed by atoms with Gasteiger partial charge in [0.2, 0.25) is 0 Å². The third kappa shape index (κ3) is 3.60. The third-order valence-electron chi connectivity index (χ3n) is 5.92. The predicted molar refractivity (Wildman–Crippen MR) is 99.8 cm³/mol. The van der Waals surface area contributed by atoms with Gasteiger partial charge in [0.15, 0.2) is 0 Å². The zero-order valence-electron chi connectivity index (χ0n) is 16.1. The first-order valence-corrected chi connectivity index (χ1v) is 9.85. The lowest BCUT2D eigenvalue weighted by Crippen LogP contribution is -2.49. The highest BCUT2D eigenvalue weighted by molar-refractivity contribution is 5.95. The molecule has 0 radical (unpaired) electrons. The van der Waals surface area contributed by atoms with Crippen molar-refractivity contribution in [3.05, 3.63) is 45.0 Å². The summed E-state index contributed by atoms with van der Waals surface area (Å²) in [7, 11) is 0. The van der Waals surface area contributed by atoms with Gasteiger partial charge in [-0.2, -0.15) is 0 Å². The fourth-order valence-electron chi connectivity index (χ4n) is 4.36. The van der Waals surface area contributed by atoms with Gasteiger partial charge in [0, 0.05) is 19.7 Å². The maximum atomic E-state index is 13.0. The summed E-state index contributed by atoms with van der Waals surface area (Å²) in [6.45, 7) is 6.50. The quantitative estimate of drug-likeness (QED) is 0.745. The summed E-state index contributed by atoms with van der Waals surface area (Å²) in [4.78, 5) is 27.3. The number of piperidine rings is 1. The van der Waals surface area contributed by atoms with Crippen LogP contribution in [0.2, 0.25) is 0 Å². The van der Waals surface area contributed by atoms with Crippen molar-refractivity contribution in [2.45, 2.75) is 57.7 Å². The Kier molecular flexibility index (Phi) is 4.95. The SMILES string of the molecule is CC1=CC2(CCN(C(=O)c3c(C)cc(C4CCCO4)oc3=O)CC2)OCC1. The number of carbonyl (C=O) groups is 1. The van der Waals surface area contributed by atoms with Gasteiger partial charge >= 0.3 is 5.63 Å². The molecule has 6 nitrogen and oxygen atoms in total. The second-order valence-electron chi connectivity index (χ2n) is 7.94. The Morgan fingerprint density at radius 1 is 1.22 bits per heavy atom. The summed E-state index contributed by atoms with van der Waals surface area (Å²) in [5, 5.41) is 0. The van der Waals surface area contributed by atoms with Crippen molar-refractivity contribution in [2.75, 3.05) is 26.3 Å². The van der Waals surface area contributed by atoms with Gasteiger partial charge in [0.25, 0.3) is 5.91 Å². The molecule has 1 amide bonds. The Hall–Kier alpha value is -1.92. The lowest BCUT2D eigenvalue weighted by molar-refractivity contribution is -0.0522. The number of rotatable bonds is 2. The summed E-state index contributed by atoms with van der Waals surface area (Å²) >= 11 is 0. The van der Waals surface area contributed by atoms with Crippen LogP contribution in [0.5, 0.6) is 0 Å². The lowest BCUT2D eigenvalue weighted by Gasteiger charge is -2.42. The van der Waals surface area contributed by atoms with Gasteiger partial charge < -0.3 is 18.8 Å². The first-order valence-electron chi connectivity index (χ1n) is 9.85. The van der Waals surface area contributed by atoms with Gasteiger partial charge in [-0.25, -0.2) is 4.79 Å². The van der Waals surface area contributed by atoms with Gasteiger partial charge in [-0.15, -0.1) is 0 Å². The van der Waals surface area contributed by atoms with Gasteiger partial charge in [-0.1, -0.05) is 11.6 Å². The number of aryl methyl sites for hydroxylation is 1. The van der Waals surface area contributed by atoms with Crippen LogP contribution in [0.15, 0.2) is 26.9 Å². The van der Waals surface area contributed by atoms with Gasteiger partial charge in [0.05, 0.1) is 12.2 Å². The van der Waals surface area contributed by atoms with Crippen LogP contribution >= 0.6 is 0 Å². The summed E-state index contributed by atoms with van der Waals surface area (Å²) in [6, 6.07) is 1.78. The van der Waals surface area contributed by atoms with E-state index in [1.54, 1.807) is 17.9 Å². The lowest BCUT2D eigenvalue weighted by atomic mass is 9.86. The monoisotopic (exact) mass is 373 g/mol. The predicted octanol–water partition coefficient (Wildman–Crippen LogP) is 3.14. The molecule has 1 unspecified atom stereocenters. The zero-order valence-corrected chi connectivity index (χ0v) is 16.1. The van der Waals surface area contributed by atoms with Crippen LogP contribution in [-0.2, 0) is 9.47 Å². The van der Waals surface area contributed by atoms with E-state index in [4.69, 9.17) is 13.9 Å². The molecule has 2 saturated heterocycles. The van der Waals surface area contributed by atoms with Gasteiger partial charge in [-0.3, -0.25) is 4.79 Å². The molecule has 0 aromatic carbocycles. The highest BCUT2D eigenvalue weighted by Gasteiger charge is 2.37. The van der Waals surface area contributed by atoms with Crippen LogP contribution < -0.4 is 5.63 Å².